The van der Waals surface area contributed by atoms with Crippen molar-refractivity contribution in [3.05, 3.63) is 28.8 Å². The normalized spacial score (nSPS) is 18.5. The molecule has 0 radical (unpaired) electrons. The Morgan fingerprint density at radius 3 is 2.64 bits per heavy atom. The zero-order chi connectivity index (χ0) is 18.0. The number of carbonyl (C=O) groups excluding carboxylic acids is 3. The summed E-state index contributed by atoms with van der Waals surface area (Å²) in [6.45, 7) is 1.08. The van der Waals surface area contributed by atoms with Crippen LogP contribution in [-0.2, 0) is 14.2 Å². The van der Waals surface area contributed by atoms with Crippen LogP contribution < -0.4 is 5.32 Å². The molecule has 0 saturated carbocycles. The van der Waals surface area contributed by atoms with Crippen LogP contribution >= 0.6 is 11.6 Å². The number of nitrogens with zero attached hydrogens (tertiary/aromatic N) is 1. The fourth-order valence-electron chi connectivity index (χ4n) is 2.86. The van der Waals surface area contributed by atoms with Crippen molar-refractivity contribution in [1.29, 1.82) is 0 Å². The van der Waals surface area contributed by atoms with E-state index in [1.165, 1.54) is 19.2 Å². The molecule has 2 saturated heterocycles. The molecule has 2 fully saturated rings. The first-order chi connectivity index (χ1) is 11.9. The maximum Gasteiger partial charge on any atom is 0.509 e. The standard InChI is InChI=1S/C16H17ClN2O6/c1-23-13(20)11-8-10(2-3-12(11)17)18-14(21)19-6-4-16(5-7-19)9-24-15(22)25-16/h2-3,8H,4-7,9H2,1H3,(H,18,21). The van der Waals surface area contributed by atoms with Crippen LogP contribution in [0.25, 0.3) is 0 Å². The number of esters is 1. The van der Waals surface area contributed by atoms with Crippen LogP contribution in [-0.4, -0.2) is 55.5 Å². The molecule has 1 spiro atoms. The van der Waals surface area contributed by atoms with E-state index in [9.17, 15) is 14.4 Å². The highest BCUT2D eigenvalue weighted by Gasteiger charge is 2.45. The lowest BCUT2D eigenvalue weighted by Gasteiger charge is -2.36. The van der Waals surface area contributed by atoms with Gasteiger partial charge in [0.15, 0.2) is 5.60 Å². The third-order valence-corrected chi connectivity index (χ3v) is 4.67. The highest BCUT2D eigenvalue weighted by atomic mass is 35.5. The van der Waals surface area contributed by atoms with E-state index in [1.807, 2.05) is 0 Å². The molecule has 134 valence electrons. The summed E-state index contributed by atoms with van der Waals surface area (Å²) in [6.07, 6.45) is 0.370. The first-order valence-electron chi connectivity index (χ1n) is 7.72. The number of carbonyl (C=O) groups is 3. The number of benzene rings is 1. The van der Waals surface area contributed by atoms with Gasteiger partial charge in [-0.3, -0.25) is 0 Å². The zero-order valence-electron chi connectivity index (χ0n) is 13.5. The largest absolute Gasteiger partial charge is 0.509 e. The summed E-state index contributed by atoms with van der Waals surface area (Å²) >= 11 is 5.96. The molecular formula is C16H17ClN2O6. The van der Waals surface area contributed by atoms with Crippen molar-refractivity contribution in [3.63, 3.8) is 0 Å². The molecular weight excluding hydrogens is 352 g/mol. The summed E-state index contributed by atoms with van der Waals surface area (Å²) < 4.78 is 14.7. The molecule has 2 amide bonds. The molecule has 1 aromatic rings. The number of halogens is 1. The van der Waals surface area contributed by atoms with Crippen molar-refractivity contribution < 1.29 is 28.6 Å². The van der Waals surface area contributed by atoms with Gasteiger partial charge in [0.25, 0.3) is 0 Å². The average molecular weight is 369 g/mol. The minimum Gasteiger partial charge on any atom is -0.465 e. The SMILES string of the molecule is COC(=O)c1cc(NC(=O)N2CCC3(CC2)COC(=O)O3)ccc1Cl. The van der Waals surface area contributed by atoms with Crippen LogP contribution in [0.1, 0.15) is 23.2 Å². The van der Waals surface area contributed by atoms with Gasteiger partial charge in [-0.2, -0.15) is 0 Å². The fraction of sp³-hybridized carbons (Fsp3) is 0.438. The summed E-state index contributed by atoms with van der Waals surface area (Å²) in [5.41, 5.74) is -0.00748. The number of urea groups is 1. The third-order valence-electron chi connectivity index (χ3n) is 4.34. The van der Waals surface area contributed by atoms with Crippen molar-refractivity contribution in [2.75, 3.05) is 32.1 Å². The van der Waals surface area contributed by atoms with Crippen LogP contribution in [0, 0.1) is 0 Å². The smallest absolute Gasteiger partial charge is 0.465 e. The average Bonchev–Trinajstić information content (AvgIpc) is 2.96. The molecule has 2 aliphatic heterocycles. The van der Waals surface area contributed by atoms with E-state index in [4.69, 9.17) is 21.1 Å². The van der Waals surface area contributed by atoms with Gasteiger partial charge in [-0.1, -0.05) is 11.6 Å². The quantitative estimate of drug-likeness (QED) is 0.806. The zero-order valence-corrected chi connectivity index (χ0v) is 14.3. The Labute approximate surface area is 149 Å². The van der Waals surface area contributed by atoms with Gasteiger partial charge in [-0.05, 0) is 18.2 Å². The Morgan fingerprint density at radius 2 is 2.04 bits per heavy atom. The second-order valence-corrected chi connectivity index (χ2v) is 6.33. The van der Waals surface area contributed by atoms with Crippen molar-refractivity contribution in [2.24, 2.45) is 0 Å². The number of nitrogens with one attached hydrogen (secondary N) is 1. The third kappa shape index (κ3) is 3.63. The summed E-state index contributed by atoms with van der Waals surface area (Å²) in [5.74, 6) is -0.580. The fourth-order valence-corrected chi connectivity index (χ4v) is 3.06. The number of hydrogen-bond acceptors (Lipinski definition) is 6. The van der Waals surface area contributed by atoms with Gasteiger partial charge in [0.2, 0.25) is 0 Å². The van der Waals surface area contributed by atoms with E-state index in [0.717, 1.165) is 0 Å². The molecule has 1 aromatic carbocycles. The molecule has 0 aromatic heterocycles. The molecule has 3 rings (SSSR count). The maximum atomic E-state index is 12.4. The van der Waals surface area contributed by atoms with E-state index in [1.54, 1.807) is 11.0 Å². The first-order valence-corrected chi connectivity index (χ1v) is 8.10. The van der Waals surface area contributed by atoms with Gasteiger partial charge >= 0.3 is 18.2 Å². The minimum absolute atomic E-state index is 0.176. The van der Waals surface area contributed by atoms with E-state index in [2.05, 4.69) is 10.1 Å². The second-order valence-electron chi connectivity index (χ2n) is 5.93. The maximum absolute atomic E-state index is 12.4. The molecule has 1 N–H and O–H groups in total. The molecule has 9 heteroatoms. The molecule has 0 unspecified atom stereocenters. The highest BCUT2D eigenvalue weighted by Crippen LogP contribution is 2.32. The first kappa shape index (κ1) is 17.3. The van der Waals surface area contributed by atoms with Crippen LogP contribution in [0.3, 0.4) is 0 Å². The van der Waals surface area contributed by atoms with Gasteiger partial charge in [0, 0.05) is 31.6 Å². The van der Waals surface area contributed by atoms with Crippen LogP contribution in [0.2, 0.25) is 5.02 Å². The van der Waals surface area contributed by atoms with Crippen molar-refractivity contribution in [2.45, 2.75) is 18.4 Å². The number of piperidine rings is 1. The van der Waals surface area contributed by atoms with Gasteiger partial charge in [-0.15, -0.1) is 0 Å². The van der Waals surface area contributed by atoms with E-state index in [-0.39, 0.29) is 23.2 Å². The van der Waals surface area contributed by atoms with Crippen LogP contribution in [0.15, 0.2) is 18.2 Å². The molecule has 8 nitrogen and oxygen atoms in total. The monoisotopic (exact) mass is 368 g/mol. The second kappa shape index (κ2) is 6.79. The molecule has 2 heterocycles. The van der Waals surface area contributed by atoms with Crippen molar-refractivity contribution >= 4 is 35.4 Å². The topological polar surface area (TPSA) is 94.2 Å². The number of hydrogen-bond donors (Lipinski definition) is 1. The minimum atomic E-state index is -0.658. The number of amides is 2. The lowest BCUT2D eigenvalue weighted by molar-refractivity contribution is 0.0106. The Morgan fingerprint density at radius 1 is 1.32 bits per heavy atom. The van der Waals surface area contributed by atoms with Gasteiger partial charge in [0.05, 0.1) is 17.7 Å². The van der Waals surface area contributed by atoms with Gasteiger partial charge < -0.3 is 24.4 Å². The van der Waals surface area contributed by atoms with Gasteiger partial charge in [-0.25, -0.2) is 14.4 Å². The number of methoxy groups -OCH3 is 1. The summed E-state index contributed by atoms with van der Waals surface area (Å²) in [7, 11) is 1.26. The lowest BCUT2D eigenvalue weighted by atomic mass is 9.92. The van der Waals surface area contributed by atoms with E-state index >= 15 is 0 Å². The van der Waals surface area contributed by atoms with Crippen LogP contribution in [0.4, 0.5) is 15.3 Å². The van der Waals surface area contributed by atoms with Gasteiger partial charge in [0.1, 0.15) is 6.61 Å². The summed E-state index contributed by atoms with van der Waals surface area (Å²) in [4.78, 5) is 36.8. The predicted octanol–water partition coefficient (Wildman–Crippen LogP) is 2.66. The van der Waals surface area contributed by atoms with Crippen LogP contribution in [0.5, 0.6) is 0 Å². The number of cyclic esters (lactones) is 1. The van der Waals surface area contributed by atoms with Crippen molar-refractivity contribution in [1.82, 2.24) is 4.90 Å². The highest BCUT2D eigenvalue weighted by molar-refractivity contribution is 6.33. The van der Waals surface area contributed by atoms with E-state index in [0.29, 0.717) is 31.6 Å². The number of likely N-dealkylation sites (tertiary alicyclic amines) is 1. The van der Waals surface area contributed by atoms with E-state index < -0.39 is 17.7 Å². The number of rotatable bonds is 2. The predicted molar refractivity (Wildman–Crippen MR) is 87.8 cm³/mol. The Bertz CT molecular complexity index is 715. The number of anilines is 1. The molecule has 0 bridgehead atoms. The number of ether oxygens (including phenoxy) is 3. The van der Waals surface area contributed by atoms with Crippen molar-refractivity contribution in [3.8, 4) is 0 Å². The lowest BCUT2D eigenvalue weighted by Crippen LogP contribution is -2.49. The molecule has 2 aliphatic rings. The molecule has 25 heavy (non-hydrogen) atoms. The summed E-state index contributed by atoms with van der Waals surface area (Å²) in [5, 5.41) is 2.97. The summed E-state index contributed by atoms with van der Waals surface area (Å²) in [6, 6.07) is 4.27. The molecule has 0 atom stereocenters. The Kier molecular flexibility index (Phi) is 4.71. The molecule has 0 aliphatic carbocycles. The Balaban J connectivity index is 1.62. The Hall–Kier alpha value is -2.48.